The Bertz CT molecular complexity index is 621. The van der Waals surface area contributed by atoms with E-state index in [2.05, 4.69) is 5.32 Å². The Morgan fingerprint density at radius 3 is 2.62 bits per heavy atom. The van der Waals surface area contributed by atoms with Crippen LogP contribution >= 0.6 is 0 Å². The highest BCUT2D eigenvalue weighted by Gasteiger charge is 2.35. The van der Waals surface area contributed by atoms with E-state index in [1.165, 1.54) is 12.3 Å². The molecule has 0 saturated carbocycles. The van der Waals surface area contributed by atoms with Crippen LogP contribution in [0.5, 0.6) is 0 Å². The van der Waals surface area contributed by atoms with Gasteiger partial charge in [-0.15, -0.1) is 0 Å². The lowest BCUT2D eigenvalue weighted by molar-refractivity contribution is -0.138. The summed E-state index contributed by atoms with van der Waals surface area (Å²) in [4.78, 5) is 10.9. The SMILES string of the molecule is O=C(O)c1cc(NCCc2ccco2)ccc1C(F)(F)F. The molecule has 2 aromatic rings. The summed E-state index contributed by atoms with van der Waals surface area (Å²) in [7, 11) is 0. The smallest absolute Gasteiger partial charge is 0.417 e. The lowest BCUT2D eigenvalue weighted by Gasteiger charge is -2.12. The number of carboxylic acids is 1. The minimum absolute atomic E-state index is 0.312. The molecule has 112 valence electrons. The Kier molecular flexibility index (Phi) is 4.21. The minimum atomic E-state index is -4.69. The van der Waals surface area contributed by atoms with Gasteiger partial charge in [0.15, 0.2) is 0 Å². The molecule has 7 heteroatoms. The maximum Gasteiger partial charge on any atom is 0.417 e. The van der Waals surface area contributed by atoms with E-state index in [1.807, 2.05) is 0 Å². The monoisotopic (exact) mass is 299 g/mol. The number of benzene rings is 1. The number of alkyl halides is 3. The summed E-state index contributed by atoms with van der Waals surface area (Å²) in [5, 5.41) is 11.8. The summed E-state index contributed by atoms with van der Waals surface area (Å²) in [6, 6.07) is 6.45. The van der Waals surface area contributed by atoms with Crippen molar-refractivity contribution in [3.8, 4) is 0 Å². The van der Waals surface area contributed by atoms with E-state index in [0.29, 0.717) is 18.7 Å². The van der Waals surface area contributed by atoms with Gasteiger partial charge in [0.05, 0.1) is 17.4 Å². The minimum Gasteiger partial charge on any atom is -0.478 e. The molecule has 1 aromatic carbocycles. The molecule has 21 heavy (non-hydrogen) atoms. The summed E-state index contributed by atoms with van der Waals surface area (Å²) >= 11 is 0. The largest absolute Gasteiger partial charge is 0.478 e. The number of hydrogen-bond donors (Lipinski definition) is 2. The fourth-order valence-corrected chi connectivity index (χ4v) is 1.86. The fraction of sp³-hybridized carbons (Fsp3) is 0.214. The molecular weight excluding hydrogens is 287 g/mol. The molecule has 0 unspecified atom stereocenters. The molecule has 0 aliphatic heterocycles. The molecule has 1 aromatic heterocycles. The van der Waals surface area contributed by atoms with Crippen molar-refractivity contribution >= 4 is 11.7 Å². The first kappa shape index (κ1) is 15.0. The van der Waals surface area contributed by atoms with Gasteiger partial charge in [0.2, 0.25) is 0 Å². The summed E-state index contributed by atoms with van der Waals surface area (Å²) in [6.07, 6.45) is -2.63. The Morgan fingerprint density at radius 2 is 2.05 bits per heavy atom. The predicted octanol–water partition coefficient (Wildman–Crippen LogP) is 3.65. The second-order valence-corrected chi connectivity index (χ2v) is 4.32. The summed E-state index contributed by atoms with van der Waals surface area (Å²) in [5.74, 6) is -0.884. The number of rotatable bonds is 5. The molecular formula is C14H12F3NO3. The van der Waals surface area contributed by atoms with E-state index < -0.39 is 23.3 Å². The van der Waals surface area contributed by atoms with Gasteiger partial charge < -0.3 is 14.8 Å². The highest BCUT2D eigenvalue weighted by molar-refractivity contribution is 5.91. The quantitative estimate of drug-likeness (QED) is 0.884. The van der Waals surface area contributed by atoms with Crippen LogP contribution in [0.25, 0.3) is 0 Å². The van der Waals surface area contributed by atoms with Crippen molar-refractivity contribution in [2.45, 2.75) is 12.6 Å². The molecule has 2 N–H and O–H groups in total. The van der Waals surface area contributed by atoms with Gasteiger partial charge in [-0.3, -0.25) is 0 Å². The normalized spacial score (nSPS) is 11.4. The van der Waals surface area contributed by atoms with Crippen LogP contribution in [0.1, 0.15) is 21.7 Å². The van der Waals surface area contributed by atoms with Gasteiger partial charge in [-0.2, -0.15) is 13.2 Å². The Hall–Kier alpha value is -2.44. The highest BCUT2D eigenvalue weighted by atomic mass is 19.4. The molecule has 0 amide bonds. The van der Waals surface area contributed by atoms with Crippen LogP contribution in [0.15, 0.2) is 41.0 Å². The zero-order valence-electron chi connectivity index (χ0n) is 10.8. The molecule has 0 saturated heterocycles. The Balaban J connectivity index is 2.11. The summed E-state index contributed by atoms with van der Waals surface area (Å²) < 4.78 is 43.2. The zero-order chi connectivity index (χ0) is 15.5. The van der Waals surface area contributed by atoms with Crippen LogP contribution in [0, 0.1) is 0 Å². The average Bonchev–Trinajstić information content (AvgIpc) is 2.90. The van der Waals surface area contributed by atoms with Crippen molar-refractivity contribution in [3.63, 3.8) is 0 Å². The molecule has 0 atom stereocenters. The van der Waals surface area contributed by atoms with Crippen molar-refractivity contribution < 1.29 is 27.5 Å². The first-order valence-electron chi connectivity index (χ1n) is 6.08. The van der Waals surface area contributed by atoms with Crippen LogP contribution in [0.2, 0.25) is 0 Å². The van der Waals surface area contributed by atoms with Gasteiger partial charge in [-0.05, 0) is 30.3 Å². The van der Waals surface area contributed by atoms with Gasteiger partial charge in [-0.1, -0.05) is 0 Å². The Labute approximate surface area is 118 Å². The highest BCUT2D eigenvalue weighted by Crippen LogP contribution is 2.33. The van der Waals surface area contributed by atoms with Crippen LogP contribution in [-0.2, 0) is 12.6 Å². The fourth-order valence-electron chi connectivity index (χ4n) is 1.86. The van der Waals surface area contributed by atoms with E-state index >= 15 is 0 Å². The third kappa shape index (κ3) is 3.77. The van der Waals surface area contributed by atoms with Crippen molar-refractivity contribution in [1.82, 2.24) is 0 Å². The van der Waals surface area contributed by atoms with Crippen LogP contribution in [0.3, 0.4) is 0 Å². The topological polar surface area (TPSA) is 62.5 Å². The van der Waals surface area contributed by atoms with Gasteiger partial charge in [0.1, 0.15) is 5.76 Å². The van der Waals surface area contributed by atoms with E-state index in [9.17, 15) is 18.0 Å². The first-order valence-corrected chi connectivity index (χ1v) is 6.08. The van der Waals surface area contributed by atoms with Gasteiger partial charge in [0, 0.05) is 18.7 Å². The maximum atomic E-state index is 12.7. The number of carbonyl (C=O) groups is 1. The predicted molar refractivity (Wildman–Crippen MR) is 69.3 cm³/mol. The number of nitrogens with one attached hydrogen (secondary N) is 1. The lowest BCUT2D eigenvalue weighted by Crippen LogP contribution is -2.14. The van der Waals surface area contributed by atoms with E-state index in [1.54, 1.807) is 12.1 Å². The van der Waals surface area contributed by atoms with Crippen LogP contribution in [-0.4, -0.2) is 17.6 Å². The molecule has 0 spiro atoms. The Morgan fingerprint density at radius 1 is 1.29 bits per heavy atom. The van der Waals surface area contributed by atoms with E-state index in [4.69, 9.17) is 9.52 Å². The second-order valence-electron chi connectivity index (χ2n) is 4.32. The molecule has 0 aliphatic rings. The van der Waals surface area contributed by atoms with Crippen molar-refractivity contribution in [2.75, 3.05) is 11.9 Å². The third-order valence-electron chi connectivity index (χ3n) is 2.84. The van der Waals surface area contributed by atoms with Crippen LogP contribution in [0.4, 0.5) is 18.9 Å². The van der Waals surface area contributed by atoms with Crippen molar-refractivity contribution in [1.29, 1.82) is 0 Å². The molecule has 4 nitrogen and oxygen atoms in total. The summed E-state index contributed by atoms with van der Waals surface area (Å²) in [6.45, 7) is 0.415. The van der Waals surface area contributed by atoms with Crippen molar-refractivity contribution in [2.24, 2.45) is 0 Å². The molecule has 0 bridgehead atoms. The molecule has 0 fully saturated rings. The van der Waals surface area contributed by atoms with Crippen LogP contribution < -0.4 is 5.32 Å². The zero-order valence-corrected chi connectivity index (χ0v) is 10.8. The van der Waals surface area contributed by atoms with Crippen molar-refractivity contribution in [3.05, 3.63) is 53.5 Å². The summed E-state index contributed by atoms with van der Waals surface area (Å²) in [5.41, 5.74) is -1.62. The number of furan rings is 1. The number of aromatic carboxylic acids is 1. The van der Waals surface area contributed by atoms with Gasteiger partial charge in [0.25, 0.3) is 0 Å². The lowest BCUT2D eigenvalue weighted by atomic mass is 10.1. The van der Waals surface area contributed by atoms with Gasteiger partial charge in [-0.25, -0.2) is 4.79 Å². The number of anilines is 1. The standard InChI is InChI=1S/C14H12F3NO3/c15-14(16,17)12-4-3-9(8-11(12)13(19)20)18-6-5-10-2-1-7-21-10/h1-4,7-8,18H,5-6H2,(H,19,20). The van der Waals surface area contributed by atoms with E-state index in [-0.39, 0.29) is 0 Å². The number of carboxylic acid groups (broad SMARTS) is 1. The second kappa shape index (κ2) is 5.90. The first-order chi connectivity index (χ1) is 9.88. The van der Waals surface area contributed by atoms with Gasteiger partial charge >= 0.3 is 12.1 Å². The molecule has 0 aliphatic carbocycles. The number of hydrogen-bond acceptors (Lipinski definition) is 3. The van der Waals surface area contributed by atoms with E-state index in [0.717, 1.165) is 17.9 Å². The molecule has 0 radical (unpaired) electrons. The number of halogens is 3. The molecule has 1 heterocycles. The maximum absolute atomic E-state index is 12.7. The molecule has 2 rings (SSSR count). The average molecular weight is 299 g/mol. The third-order valence-corrected chi connectivity index (χ3v) is 2.84.